The average Bonchev–Trinajstić information content (AvgIpc) is 3.69. The maximum atomic E-state index is 4.68. The normalized spacial score (nSPS) is 19.8. The van der Waals surface area contributed by atoms with E-state index in [0.29, 0.717) is 0 Å². The second kappa shape index (κ2) is 8.84. The van der Waals surface area contributed by atoms with E-state index < -0.39 is 12.9 Å². The Kier molecular flexibility index (Phi) is 5.48. The van der Waals surface area contributed by atoms with Gasteiger partial charge in [0.15, 0.2) is 0 Å². The molecule has 0 amide bonds. The van der Waals surface area contributed by atoms with Gasteiger partial charge >= 0.3 is 232 Å². The van der Waals surface area contributed by atoms with Gasteiger partial charge in [0.2, 0.25) is 0 Å². The van der Waals surface area contributed by atoms with Crippen molar-refractivity contribution in [2.45, 2.75) is 0 Å². The third kappa shape index (κ3) is 2.71. The van der Waals surface area contributed by atoms with E-state index in [2.05, 4.69) is 187 Å². The van der Waals surface area contributed by atoms with Gasteiger partial charge in [-0.3, -0.25) is 0 Å². The van der Waals surface area contributed by atoms with E-state index in [4.69, 9.17) is 0 Å². The molecule has 0 atom stereocenters. The first-order valence-corrected chi connectivity index (χ1v) is 18.6. The first-order chi connectivity index (χ1) is 19.3. The molecule has 0 spiro atoms. The number of nitrogens with one attached hydrogen (secondary N) is 1. The summed E-state index contributed by atoms with van der Waals surface area (Å²) in [5, 5.41) is 8.22. The molecule has 6 aromatic rings. The molecule has 0 radical (unpaired) electrons. The standard InChI is InChI=1S/C36H31NP2/c1-7-19-31(20-8-1)38(32-21-9-2-10-22-32,33-23-11-3-12-24-33)37-39(38,34-25-13-4-14-26-34,35-27-15-5-16-28-35)36-29-17-6-18-30-36/h1-30,37H. The van der Waals surface area contributed by atoms with E-state index in [1.807, 2.05) is 0 Å². The topological polar surface area (TPSA) is 21.9 Å². The van der Waals surface area contributed by atoms with Gasteiger partial charge in [0.25, 0.3) is 0 Å². The van der Waals surface area contributed by atoms with Gasteiger partial charge in [-0.2, -0.15) is 0 Å². The van der Waals surface area contributed by atoms with Gasteiger partial charge in [-0.1, -0.05) is 0 Å². The zero-order valence-electron chi connectivity index (χ0n) is 21.7. The van der Waals surface area contributed by atoms with Crippen LogP contribution in [0.5, 0.6) is 0 Å². The average molecular weight is 540 g/mol. The molecule has 1 aliphatic heterocycles. The van der Waals surface area contributed by atoms with Gasteiger partial charge in [0, 0.05) is 0 Å². The Balaban J connectivity index is 1.85. The van der Waals surface area contributed by atoms with E-state index >= 15 is 0 Å². The van der Waals surface area contributed by atoms with E-state index in [1.165, 1.54) is 31.8 Å². The Hall–Kier alpha value is -3.86. The third-order valence-corrected chi connectivity index (χ3v) is 29.9. The van der Waals surface area contributed by atoms with Crippen molar-refractivity contribution in [3.63, 3.8) is 0 Å². The van der Waals surface area contributed by atoms with Crippen LogP contribution in [0.2, 0.25) is 0 Å². The molecule has 1 fully saturated rings. The summed E-state index contributed by atoms with van der Waals surface area (Å²) in [4.78, 5) is 4.68. The molecular formula is C36H31NP2. The zero-order chi connectivity index (χ0) is 26.3. The van der Waals surface area contributed by atoms with Crippen LogP contribution in [0.25, 0.3) is 0 Å². The number of hydrogen-bond acceptors (Lipinski definition) is 1. The fraction of sp³-hybridized carbons (Fsp3) is 0. The quantitative estimate of drug-likeness (QED) is 0.192. The van der Waals surface area contributed by atoms with Gasteiger partial charge in [-0.05, 0) is 0 Å². The molecule has 0 saturated carbocycles. The summed E-state index contributed by atoms with van der Waals surface area (Å²) in [6, 6.07) is 67.8. The van der Waals surface area contributed by atoms with Crippen LogP contribution in [-0.4, -0.2) is 0 Å². The molecule has 1 heterocycles. The predicted molar refractivity (Wildman–Crippen MR) is 173 cm³/mol. The van der Waals surface area contributed by atoms with Gasteiger partial charge in [0.1, 0.15) is 0 Å². The Morgan fingerprint density at radius 2 is 0.385 bits per heavy atom. The van der Waals surface area contributed by atoms with Crippen molar-refractivity contribution in [3.05, 3.63) is 182 Å². The molecule has 1 nitrogen and oxygen atoms in total. The van der Waals surface area contributed by atoms with Crippen molar-refractivity contribution in [1.82, 2.24) is 4.86 Å². The van der Waals surface area contributed by atoms with Crippen molar-refractivity contribution >= 4 is 44.7 Å². The molecule has 7 rings (SSSR count). The molecule has 1 aliphatic rings. The first kappa shape index (κ1) is 24.2. The summed E-state index contributed by atoms with van der Waals surface area (Å²) in [5.74, 6) is 0. The monoisotopic (exact) mass is 539 g/mol. The second-order valence-electron chi connectivity index (χ2n) is 10.3. The first-order valence-electron chi connectivity index (χ1n) is 13.5. The van der Waals surface area contributed by atoms with Gasteiger partial charge in [-0.15, -0.1) is 0 Å². The van der Waals surface area contributed by atoms with Crippen LogP contribution in [0.4, 0.5) is 0 Å². The summed E-state index contributed by atoms with van der Waals surface area (Å²) in [7, 11) is 0. The molecular weight excluding hydrogens is 508 g/mol. The Bertz CT molecular complexity index is 1390. The molecule has 6 aromatic carbocycles. The molecule has 0 bridgehead atoms. The molecule has 1 N–H and O–H groups in total. The van der Waals surface area contributed by atoms with Crippen molar-refractivity contribution in [1.29, 1.82) is 0 Å². The van der Waals surface area contributed by atoms with Crippen LogP contribution in [0.15, 0.2) is 182 Å². The van der Waals surface area contributed by atoms with Crippen molar-refractivity contribution in [2.75, 3.05) is 0 Å². The number of hydrogen-bond donors (Lipinski definition) is 1. The Labute approximate surface area is 231 Å². The van der Waals surface area contributed by atoms with Gasteiger partial charge in [-0.25, -0.2) is 0 Å². The minimum absolute atomic E-state index is 1.37. The molecule has 190 valence electrons. The Morgan fingerprint density at radius 1 is 0.231 bits per heavy atom. The SMILES string of the molecule is c1ccc(P2(c3ccccc3)(c3ccccc3)NP2(c2ccccc2)(c2ccccc2)c2ccccc2)cc1. The van der Waals surface area contributed by atoms with E-state index in [-0.39, 0.29) is 0 Å². The summed E-state index contributed by atoms with van der Waals surface area (Å²) in [6.07, 6.45) is -6.90. The Morgan fingerprint density at radius 3 is 0.538 bits per heavy atom. The molecule has 1 saturated heterocycles. The van der Waals surface area contributed by atoms with Crippen LogP contribution in [-0.2, 0) is 0 Å². The fourth-order valence-corrected chi connectivity index (χ4v) is 35.1. The van der Waals surface area contributed by atoms with Gasteiger partial charge in [0.05, 0.1) is 0 Å². The summed E-state index contributed by atoms with van der Waals surface area (Å²) < 4.78 is 0. The molecule has 0 unspecified atom stereocenters. The minimum atomic E-state index is -3.45. The molecule has 39 heavy (non-hydrogen) atoms. The van der Waals surface area contributed by atoms with E-state index in [1.54, 1.807) is 0 Å². The van der Waals surface area contributed by atoms with Crippen molar-refractivity contribution in [2.24, 2.45) is 0 Å². The number of benzene rings is 6. The number of rotatable bonds is 6. The predicted octanol–water partition coefficient (Wildman–Crippen LogP) is 6.39. The van der Waals surface area contributed by atoms with Crippen LogP contribution < -0.4 is 36.7 Å². The second-order valence-corrected chi connectivity index (χ2v) is 23.2. The summed E-state index contributed by atoms with van der Waals surface area (Å²) in [5.41, 5.74) is 0. The molecule has 0 aromatic heterocycles. The fourth-order valence-electron chi connectivity index (χ4n) is 7.30. The van der Waals surface area contributed by atoms with Crippen LogP contribution in [0, 0.1) is 0 Å². The van der Waals surface area contributed by atoms with Crippen LogP contribution in [0.1, 0.15) is 0 Å². The zero-order valence-corrected chi connectivity index (χ0v) is 23.5. The molecule has 3 heteroatoms. The third-order valence-electron chi connectivity index (χ3n) is 8.70. The van der Waals surface area contributed by atoms with E-state index in [9.17, 15) is 0 Å². The summed E-state index contributed by atoms with van der Waals surface area (Å²) >= 11 is 0. The van der Waals surface area contributed by atoms with Gasteiger partial charge < -0.3 is 0 Å². The summed E-state index contributed by atoms with van der Waals surface area (Å²) in [6.45, 7) is 0. The van der Waals surface area contributed by atoms with Crippen molar-refractivity contribution in [3.8, 4) is 0 Å². The molecule has 0 aliphatic carbocycles. The van der Waals surface area contributed by atoms with Crippen LogP contribution >= 0.6 is 12.9 Å². The van der Waals surface area contributed by atoms with Crippen LogP contribution in [0.3, 0.4) is 0 Å². The van der Waals surface area contributed by atoms with Crippen molar-refractivity contribution < 1.29 is 0 Å². The maximum absolute atomic E-state index is 4.68. The van der Waals surface area contributed by atoms with E-state index in [0.717, 1.165) is 0 Å².